The van der Waals surface area contributed by atoms with Crippen molar-refractivity contribution in [2.45, 2.75) is 26.3 Å². The standard InChI is InChI=1S/C16H19N3S/c1-3-20-9-8-12(2)18-16-14(11-17)10-13-6-4-5-7-15(13)19-16/h4-7,10,12H,3,8-9H2,1-2H3,(H,18,19). The fraction of sp³-hybridized carbons (Fsp3) is 0.375. The second-order valence-electron chi connectivity index (χ2n) is 4.72. The van der Waals surface area contributed by atoms with Gasteiger partial charge in [0.25, 0.3) is 0 Å². The summed E-state index contributed by atoms with van der Waals surface area (Å²) >= 11 is 1.93. The van der Waals surface area contributed by atoms with Crippen LogP contribution >= 0.6 is 11.8 Å². The summed E-state index contributed by atoms with van der Waals surface area (Å²) in [7, 11) is 0. The maximum atomic E-state index is 9.27. The SMILES string of the molecule is CCSCCC(C)Nc1nc2ccccc2cc1C#N. The molecule has 0 radical (unpaired) electrons. The first-order chi connectivity index (χ1) is 9.74. The third-order valence-electron chi connectivity index (χ3n) is 3.13. The van der Waals surface area contributed by atoms with Gasteiger partial charge in [-0.05, 0) is 37.0 Å². The van der Waals surface area contributed by atoms with E-state index in [1.807, 2.05) is 42.1 Å². The molecule has 104 valence electrons. The number of para-hydroxylation sites is 1. The topological polar surface area (TPSA) is 48.7 Å². The third-order valence-corrected chi connectivity index (χ3v) is 4.06. The molecule has 0 aliphatic carbocycles. The Morgan fingerprint density at radius 2 is 2.20 bits per heavy atom. The van der Waals surface area contributed by atoms with Crippen LogP contribution in [0.4, 0.5) is 5.82 Å². The molecule has 1 heterocycles. The third kappa shape index (κ3) is 3.64. The van der Waals surface area contributed by atoms with Crippen LogP contribution in [-0.4, -0.2) is 22.5 Å². The monoisotopic (exact) mass is 285 g/mol. The Morgan fingerprint density at radius 3 is 2.95 bits per heavy atom. The van der Waals surface area contributed by atoms with Gasteiger partial charge in [0.15, 0.2) is 0 Å². The van der Waals surface area contributed by atoms with Gasteiger partial charge in [-0.15, -0.1) is 0 Å². The lowest BCUT2D eigenvalue weighted by atomic mass is 10.1. The van der Waals surface area contributed by atoms with Gasteiger partial charge >= 0.3 is 0 Å². The van der Waals surface area contributed by atoms with E-state index < -0.39 is 0 Å². The minimum Gasteiger partial charge on any atom is -0.366 e. The van der Waals surface area contributed by atoms with Crippen LogP contribution < -0.4 is 5.32 Å². The van der Waals surface area contributed by atoms with Gasteiger partial charge in [0.2, 0.25) is 0 Å². The van der Waals surface area contributed by atoms with E-state index in [2.05, 4.69) is 30.2 Å². The smallest absolute Gasteiger partial charge is 0.144 e. The first kappa shape index (κ1) is 14.7. The molecule has 0 amide bonds. The second kappa shape index (κ2) is 7.16. The quantitative estimate of drug-likeness (QED) is 0.813. The molecule has 1 atom stereocenters. The van der Waals surface area contributed by atoms with E-state index in [4.69, 9.17) is 0 Å². The highest BCUT2D eigenvalue weighted by Crippen LogP contribution is 2.21. The number of nitrogens with zero attached hydrogens (tertiary/aromatic N) is 2. The largest absolute Gasteiger partial charge is 0.366 e. The van der Waals surface area contributed by atoms with E-state index in [1.54, 1.807) is 0 Å². The number of pyridine rings is 1. The lowest BCUT2D eigenvalue weighted by Crippen LogP contribution is -2.17. The van der Waals surface area contributed by atoms with Gasteiger partial charge in [0.1, 0.15) is 11.9 Å². The highest BCUT2D eigenvalue weighted by atomic mass is 32.2. The minimum atomic E-state index is 0.315. The Kier molecular flexibility index (Phi) is 5.25. The first-order valence-corrected chi connectivity index (χ1v) is 8.04. The van der Waals surface area contributed by atoms with E-state index in [0.29, 0.717) is 17.4 Å². The van der Waals surface area contributed by atoms with Crippen LogP contribution in [0.2, 0.25) is 0 Å². The van der Waals surface area contributed by atoms with E-state index in [9.17, 15) is 5.26 Å². The van der Waals surface area contributed by atoms with Gasteiger partial charge in [-0.3, -0.25) is 0 Å². The highest BCUT2D eigenvalue weighted by molar-refractivity contribution is 7.99. The normalized spacial score (nSPS) is 12.1. The lowest BCUT2D eigenvalue weighted by Gasteiger charge is -2.15. The molecule has 1 unspecified atom stereocenters. The molecular weight excluding hydrogens is 266 g/mol. The number of rotatable bonds is 6. The number of hydrogen-bond acceptors (Lipinski definition) is 4. The number of nitriles is 1. The van der Waals surface area contributed by atoms with Crippen molar-refractivity contribution in [1.29, 1.82) is 5.26 Å². The summed E-state index contributed by atoms with van der Waals surface area (Å²) in [6.07, 6.45) is 1.07. The molecule has 0 fully saturated rings. The summed E-state index contributed by atoms with van der Waals surface area (Å²) in [6.45, 7) is 4.30. The van der Waals surface area contributed by atoms with Crippen LogP contribution in [0.15, 0.2) is 30.3 Å². The molecule has 0 saturated carbocycles. The highest BCUT2D eigenvalue weighted by Gasteiger charge is 2.09. The molecule has 1 N–H and O–H groups in total. The van der Waals surface area contributed by atoms with E-state index >= 15 is 0 Å². The Labute approximate surface area is 124 Å². The number of thioether (sulfide) groups is 1. The molecule has 0 aliphatic heterocycles. The van der Waals surface area contributed by atoms with Crippen molar-refractivity contribution in [1.82, 2.24) is 4.98 Å². The summed E-state index contributed by atoms with van der Waals surface area (Å²) in [5.74, 6) is 2.96. The summed E-state index contributed by atoms with van der Waals surface area (Å²) in [5.41, 5.74) is 1.53. The maximum absolute atomic E-state index is 9.27. The molecule has 20 heavy (non-hydrogen) atoms. The van der Waals surface area contributed by atoms with Gasteiger partial charge in [-0.1, -0.05) is 25.1 Å². The molecule has 4 heteroatoms. The molecule has 0 bridgehead atoms. The number of fused-ring (bicyclic) bond motifs is 1. The zero-order valence-electron chi connectivity index (χ0n) is 11.9. The van der Waals surface area contributed by atoms with Crippen LogP contribution in [0, 0.1) is 11.3 Å². The van der Waals surface area contributed by atoms with Gasteiger partial charge in [0, 0.05) is 11.4 Å². The number of nitrogens with one attached hydrogen (secondary N) is 1. The molecule has 1 aromatic carbocycles. The minimum absolute atomic E-state index is 0.315. The van der Waals surface area contributed by atoms with Crippen molar-refractivity contribution in [2.24, 2.45) is 0 Å². The Bertz CT molecular complexity index is 619. The van der Waals surface area contributed by atoms with Crippen molar-refractivity contribution >= 4 is 28.5 Å². The Morgan fingerprint density at radius 1 is 1.40 bits per heavy atom. The number of aromatic nitrogens is 1. The first-order valence-electron chi connectivity index (χ1n) is 6.88. The lowest BCUT2D eigenvalue weighted by molar-refractivity contribution is 0.767. The number of anilines is 1. The Hall–Kier alpha value is -1.73. The average molecular weight is 285 g/mol. The zero-order valence-corrected chi connectivity index (χ0v) is 12.7. The van der Waals surface area contributed by atoms with E-state index in [-0.39, 0.29) is 0 Å². The van der Waals surface area contributed by atoms with Crippen molar-refractivity contribution in [3.63, 3.8) is 0 Å². The molecule has 0 spiro atoms. The molecule has 2 rings (SSSR count). The van der Waals surface area contributed by atoms with Crippen molar-refractivity contribution in [3.05, 3.63) is 35.9 Å². The predicted molar refractivity (Wildman–Crippen MR) is 87.2 cm³/mol. The summed E-state index contributed by atoms with van der Waals surface area (Å²) in [6, 6.07) is 12.3. The molecule has 3 nitrogen and oxygen atoms in total. The molecule has 0 aliphatic rings. The molecule has 1 aromatic heterocycles. The second-order valence-corrected chi connectivity index (χ2v) is 6.11. The van der Waals surface area contributed by atoms with Crippen LogP contribution in [-0.2, 0) is 0 Å². The molecule has 2 aromatic rings. The number of benzene rings is 1. The maximum Gasteiger partial charge on any atom is 0.144 e. The van der Waals surface area contributed by atoms with E-state index in [0.717, 1.165) is 28.8 Å². The fourth-order valence-electron chi connectivity index (χ4n) is 2.02. The van der Waals surface area contributed by atoms with Crippen LogP contribution in [0.25, 0.3) is 10.9 Å². The molecular formula is C16H19N3S. The van der Waals surface area contributed by atoms with Crippen LogP contribution in [0.3, 0.4) is 0 Å². The van der Waals surface area contributed by atoms with Crippen molar-refractivity contribution in [3.8, 4) is 6.07 Å². The van der Waals surface area contributed by atoms with E-state index in [1.165, 1.54) is 0 Å². The van der Waals surface area contributed by atoms with Gasteiger partial charge in [0.05, 0.1) is 11.1 Å². The zero-order chi connectivity index (χ0) is 14.4. The predicted octanol–water partition coefficient (Wildman–Crippen LogP) is 4.05. The summed E-state index contributed by atoms with van der Waals surface area (Å²) < 4.78 is 0. The van der Waals surface area contributed by atoms with Gasteiger partial charge in [-0.25, -0.2) is 4.98 Å². The Balaban J connectivity index is 2.18. The molecule has 0 saturated heterocycles. The summed E-state index contributed by atoms with van der Waals surface area (Å²) in [4.78, 5) is 4.57. The van der Waals surface area contributed by atoms with Crippen LogP contribution in [0.1, 0.15) is 25.8 Å². The number of hydrogen-bond donors (Lipinski definition) is 1. The fourth-order valence-corrected chi connectivity index (χ4v) is 2.83. The van der Waals surface area contributed by atoms with Crippen molar-refractivity contribution in [2.75, 3.05) is 16.8 Å². The average Bonchev–Trinajstić information content (AvgIpc) is 2.46. The summed E-state index contributed by atoms with van der Waals surface area (Å²) in [5, 5.41) is 13.6. The van der Waals surface area contributed by atoms with Gasteiger partial charge in [-0.2, -0.15) is 17.0 Å². The van der Waals surface area contributed by atoms with Crippen LogP contribution in [0.5, 0.6) is 0 Å². The van der Waals surface area contributed by atoms with Gasteiger partial charge < -0.3 is 5.32 Å². The van der Waals surface area contributed by atoms with Crippen molar-refractivity contribution < 1.29 is 0 Å².